The van der Waals surface area contributed by atoms with Crippen molar-refractivity contribution >= 4 is 11.4 Å². The van der Waals surface area contributed by atoms with Gasteiger partial charge in [0.1, 0.15) is 0 Å². The van der Waals surface area contributed by atoms with Gasteiger partial charge in [0.2, 0.25) is 0 Å². The quantitative estimate of drug-likeness (QED) is 0.597. The molecule has 1 saturated heterocycles. The second-order valence-electron chi connectivity index (χ2n) is 2.78. The van der Waals surface area contributed by atoms with E-state index < -0.39 is 11.4 Å². The molecule has 6 heteroatoms. The van der Waals surface area contributed by atoms with Crippen LogP contribution in [0.3, 0.4) is 0 Å². The summed E-state index contributed by atoms with van der Waals surface area (Å²) >= 11 is -1.67. The van der Waals surface area contributed by atoms with Gasteiger partial charge in [0.05, 0.1) is 26.4 Å². The highest BCUT2D eigenvalue weighted by Gasteiger charge is 2.02. The minimum Gasteiger partial charge on any atom is -0.379 e. The van der Waals surface area contributed by atoms with Crippen LogP contribution in [0.15, 0.2) is 0 Å². The van der Waals surface area contributed by atoms with Crippen molar-refractivity contribution in [1.29, 1.82) is 0 Å². The fraction of sp³-hybridized carbons (Fsp3) is 1.00. The second-order valence-corrected chi connectivity index (χ2v) is 3.66. The van der Waals surface area contributed by atoms with E-state index in [9.17, 15) is 4.21 Å². The Hall–Kier alpha value is -0.0100. The summed E-state index contributed by atoms with van der Waals surface area (Å²) in [5.41, 5.74) is 0. The average molecular weight is 224 g/mol. The molecule has 0 N–H and O–H groups in total. The van der Waals surface area contributed by atoms with Gasteiger partial charge in [-0.05, 0) is 12.8 Å². The Morgan fingerprint density at radius 2 is 1.21 bits per heavy atom. The van der Waals surface area contributed by atoms with Gasteiger partial charge in [0, 0.05) is 13.2 Å². The minimum absolute atomic E-state index is 0.299. The molecule has 0 spiro atoms. The molecule has 0 radical (unpaired) electrons. The molecule has 0 amide bonds. The molecule has 84 valence electrons. The van der Waals surface area contributed by atoms with Gasteiger partial charge in [-0.3, -0.25) is 8.37 Å². The van der Waals surface area contributed by atoms with Gasteiger partial charge in [0.15, 0.2) is 0 Å². The van der Waals surface area contributed by atoms with E-state index in [0.29, 0.717) is 39.6 Å². The van der Waals surface area contributed by atoms with Crippen LogP contribution in [0.2, 0.25) is 0 Å². The molecule has 0 aromatic heterocycles. The lowest BCUT2D eigenvalue weighted by atomic mass is 10.3. The fourth-order valence-corrected chi connectivity index (χ4v) is 1.44. The van der Waals surface area contributed by atoms with Gasteiger partial charge >= 0.3 is 11.4 Å². The molecule has 14 heavy (non-hydrogen) atoms. The maximum atomic E-state index is 10.9. The Bertz CT molecular complexity index is 148. The normalized spacial score (nSPS) is 24.6. The van der Waals surface area contributed by atoms with Crippen LogP contribution in [-0.2, 0) is 29.2 Å². The minimum atomic E-state index is -1.67. The molecule has 1 rings (SSSR count). The summed E-state index contributed by atoms with van der Waals surface area (Å²) in [6.07, 6.45) is 1.95. The third-order valence-corrected chi connectivity index (χ3v) is 2.36. The molecular formula is C8H16O5S. The van der Waals surface area contributed by atoms with E-state index in [1.807, 2.05) is 0 Å². The Morgan fingerprint density at radius 3 is 1.71 bits per heavy atom. The van der Waals surface area contributed by atoms with Crippen LogP contribution in [0, 0.1) is 0 Å². The van der Waals surface area contributed by atoms with Crippen molar-refractivity contribution in [2.24, 2.45) is 0 Å². The van der Waals surface area contributed by atoms with Crippen molar-refractivity contribution in [1.82, 2.24) is 0 Å². The van der Waals surface area contributed by atoms with Gasteiger partial charge in [0.25, 0.3) is 0 Å². The van der Waals surface area contributed by atoms with Crippen molar-refractivity contribution in [3.63, 3.8) is 0 Å². The molecule has 0 aromatic rings. The number of hydrogen-bond acceptors (Lipinski definition) is 5. The van der Waals surface area contributed by atoms with Crippen LogP contribution < -0.4 is 0 Å². The van der Waals surface area contributed by atoms with Crippen LogP contribution >= 0.6 is 0 Å². The maximum Gasteiger partial charge on any atom is 0.304 e. The van der Waals surface area contributed by atoms with Crippen LogP contribution in [-0.4, -0.2) is 43.9 Å². The summed E-state index contributed by atoms with van der Waals surface area (Å²) in [5.74, 6) is 0. The van der Waals surface area contributed by atoms with E-state index in [1.165, 1.54) is 0 Å². The lowest BCUT2D eigenvalue weighted by Gasteiger charge is -2.03. The van der Waals surface area contributed by atoms with Crippen molar-refractivity contribution in [3.8, 4) is 0 Å². The summed E-state index contributed by atoms with van der Waals surface area (Å²) in [5, 5.41) is 0. The third kappa shape index (κ3) is 6.44. The SMILES string of the molecule is O=S1OCCOCCCCOCCO1. The molecule has 0 aromatic carbocycles. The Kier molecular flexibility index (Phi) is 7.16. The molecule has 1 aliphatic rings. The number of hydrogen-bond donors (Lipinski definition) is 0. The van der Waals surface area contributed by atoms with E-state index in [4.69, 9.17) is 17.8 Å². The first-order valence-corrected chi connectivity index (χ1v) is 5.73. The molecule has 0 unspecified atom stereocenters. The second kappa shape index (κ2) is 8.31. The molecule has 1 aliphatic heterocycles. The summed E-state index contributed by atoms with van der Waals surface area (Å²) in [7, 11) is 0. The first-order valence-electron chi connectivity index (χ1n) is 4.73. The number of rotatable bonds is 0. The lowest BCUT2D eigenvalue weighted by molar-refractivity contribution is 0.0896. The predicted molar refractivity (Wildman–Crippen MR) is 50.9 cm³/mol. The summed E-state index contributed by atoms with van der Waals surface area (Å²) in [6.45, 7) is 2.90. The molecule has 0 bridgehead atoms. The lowest BCUT2D eigenvalue weighted by Crippen LogP contribution is -2.10. The zero-order valence-electron chi connectivity index (χ0n) is 8.11. The fourth-order valence-electron chi connectivity index (χ4n) is 0.968. The number of ether oxygens (including phenoxy) is 2. The molecule has 1 heterocycles. The average Bonchev–Trinajstić information content (AvgIpc) is 2.20. The molecular weight excluding hydrogens is 208 g/mol. The maximum absolute atomic E-state index is 10.9. The molecule has 0 saturated carbocycles. The zero-order valence-corrected chi connectivity index (χ0v) is 8.92. The first kappa shape index (κ1) is 12.1. The van der Waals surface area contributed by atoms with Gasteiger partial charge in [-0.15, -0.1) is 0 Å². The monoisotopic (exact) mass is 224 g/mol. The van der Waals surface area contributed by atoms with Gasteiger partial charge in [-0.1, -0.05) is 0 Å². The summed E-state index contributed by atoms with van der Waals surface area (Å²) < 4.78 is 31.0. The van der Waals surface area contributed by atoms with Gasteiger partial charge < -0.3 is 9.47 Å². The van der Waals surface area contributed by atoms with Crippen molar-refractivity contribution in [3.05, 3.63) is 0 Å². The molecule has 0 aliphatic carbocycles. The summed E-state index contributed by atoms with van der Waals surface area (Å²) in [6, 6.07) is 0. The Labute approximate surface area is 86.5 Å². The van der Waals surface area contributed by atoms with Gasteiger partial charge in [-0.25, -0.2) is 0 Å². The first-order chi connectivity index (χ1) is 6.89. The van der Waals surface area contributed by atoms with Crippen LogP contribution in [0.4, 0.5) is 0 Å². The topological polar surface area (TPSA) is 54.0 Å². The Morgan fingerprint density at radius 1 is 0.714 bits per heavy atom. The third-order valence-electron chi connectivity index (χ3n) is 1.64. The molecule has 0 atom stereocenters. The smallest absolute Gasteiger partial charge is 0.304 e. The van der Waals surface area contributed by atoms with E-state index in [1.54, 1.807) is 0 Å². The summed E-state index contributed by atoms with van der Waals surface area (Å²) in [4.78, 5) is 0. The molecule has 5 nitrogen and oxygen atoms in total. The largest absolute Gasteiger partial charge is 0.379 e. The molecule has 1 fully saturated rings. The zero-order chi connectivity index (χ0) is 10.1. The van der Waals surface area contributed by atoms with E-state index in [0.717, 1.165) is 12.8 Å². The van der Waals surface area contributed by atoms with E-state index in [2.05, 4.69) is 0 Å². The van der Waals surface area contributed by atoms with E-state index in [-0.39, 0.29) is 0 Å². The highest BCUT2D eigenvalue weighted by atomic mass is 32.2. The van der Waals surface area contributed by atoms with Crippen LogP contribution in [0.5, 0.6) is 0 Å². The Balaban J connectivity index is 2.15. The predicted octanol–water partition coefficient (Wildman–Crippen LogP) is 0.425. The van der Waals surface area contributed by atoms with Gasteiger partial charge in [-0.2, -0.15) is 4.21 Å². The standard InChI is InChI=1S/C8H16O5S/c9-14-12-7-5-10-3-1-2-4-11-6-8-13-14/h1-8H2. The van der Waals surface area contributed by atoms with Crippen molar-refractivity contribution in [2.45, 2.75) is 12.8 Å². The van der Waals surface area contributed by atoms with Crippen molar-refractivity contribution in [2.75, 3.05) is 39.6 Å². The van der Waals surface area contributed by atoms with Crippen LogP contribution in [0.1, 0.15) is 12.8 Å². The van der Waals surface area contributed by atoms with E-state index >= 15 is 0 Å². The highest BCUT2D eigenvalue weighted by Crippen LogP contribution is 1.95. The highest BCUT2D eigenvalue weighted by molar-refractivity contribution is 7.75. The van der Waals surface area contributed by atoms with Crippen LogP contribution in [0.25, 0.3) is 0 Å². The van der Waals surface area contributed by atoms with Crippen molar-refractivity contribution < 1.29 is 22.0 Å².